The average molecular weight is 433 g/mol. The van der Waals surface area contributed by atoms with E-state index >= 15 is 0 Å². The van der Waals surface area contributed by atoms with Crippen molar-refractivity contribution in [1.82, 2.24) is 5.43 Å². The molecular weight excluding hydrogens is 411 g/mol. The summed E-state index contributed by atoms with van der Waals surface area (Å²) in [6.07, 6.45) is 1.09. The van der Waals surface area contributed by atoms with Crippen LogP contribution in [0.15, 0.2) is 53.6 Å². The van der Waals surface area contributed by atoms with Gasteiger partial charge in [0.25, 0.3) is 0 Å². The normalized spacial score (nSPS) is 12.9. The van der Waals surface area contributed by atoms with E-state index in [0.29, 0.717) is 16.4 Å². The topological polar surface area (TPSA) is 94.8 Å². The quantitative estimate of drug-likeness (QED) is 0.284. The second-order valence-corrected chi connectivity index (χ2v) is 9.11. The summed E-state index contributed by atoms with van der Waals surface area (Å²) in [5.41, 5.74) is 4.55. The first-order valence-electron chi connectivity index (χ1n) is 8.77. The fourth-order valence-corrected chi connectivity index (χ4v) is 4.46. The van der Waals surface area contributed by atoms with Gasteiger partial charge in [0, 0.05) is 31.0 Å². The van der Waals surface area contributed by atoms with E-state index < -0.39 is 13.3 Å². The predicted molar refractivity (Wildman–Crippen MR) is 116 cm³/mol. The summed E-state index contributed by atoms with van der Waals surface area (Å²) in [6.45, 7) is 0.0655. The molecule has 0 fully saturated rings. The van der Waals surface area contributed by atoms with Crippen molar-refractivity contribution in [2.75, 3.05) is 37.6 Å². The van der Waals surface area contributed by atoms with Crippen LogP contribution in [0.3, 0.4) is 0 Å². The minimum Gasteiger partial charge on any atom is -0.378 e. The van der Waals surface area contributed by atoms with E-state index in [-0.39, 0.29) is 18.6 Å². The highest BCUT2D eigenvalue weighted by Gasteiger charge is 2.29. The second kappa shape index (κ2) is 10.8. The lowest BCUT2D eigenvalue weighted by Crippen LogP contribution is -2.25. The molecule has 2 rings (SSSR count). The third kappa shape index (κ3) is 6.72. The monoisotopic (exact) mass is 432 g/mol. The van der Waals surface area contributed by atoms with E-state index in [1.807, 2.05) is 37.2 Å². The van der Waals surface area contributed by atoms with E-state index in [9.17, 15) is 9.36 Å². The maximum atomic E-state index is 13.3. The highest BCUT2D eigenvalue weighted by atomic mass is 35.5. The summed E-state index contributed by atoms with van der Waals surface area (Å²) in [7, 11) is 0.359. The number of nitrogens with zero attached hydrogens (tertiary/aromatic N) is 3. The van der Waals surface area contributed by atoms with Gasteiger partial charge in [-0.3, -0.25) is 9.36 Å². The minimum absolute atomic E-state index is 0.0655. The zero-order valence-corrected chi connectivity index (χ0v) is 17.9. The number of benzene rings is 2. The van der Waals surface area contributed by atoms with Crippen LogP contribution < -0.4 is 15.6 Å². The molecule has 2 aromatic rings. The molecule has 1 N–H and O–H groups in total. The summed E-state index contributed by atoms with van der Waals surface area (Å²) in [5.74, 6) is -0.373. The van der Waals surface area contributed by atoms with Crippen LogP contribution >= 0.6 is 19.0 Å². The van der Waals surface area contributed by atoms with Gasteiger partial charge in [0.1, 0.15) is 6.16 Å². The summed E-state index contributed by atoms with van der Waals surface area (Å²) < 4.78 is 18.8. The summed E-state index contributed by atoms with van der Waals surface area (Å²) in [6, 6.07) is 15.7. The number of carbonyl (C=O) groups excluding carboxylic acids is 1. The van der Waals surface area contributed by atoms with Crippen molar-refractivity contribution in [1.29, 1.82) is 5.26 Å². The third-order valence-corrected chi connectivity index (χ3v) is 6.47. The van der Waals surface area contributed by atoms with Crippen molar-refractivity contribution in [3.05, 3.63) is 59.7 Å². The lowest BCUT2D eigenvalue weighted by atomic mass is 10.2. The minimum atomic E-state index is -3.44. The molecule has 152 valence electrons. The van der Waals surface area contributed by atoms with Gasteiger partial charge in [0.05, 0.1) is 24.5 Å². The molecule has 0 aliphatic heterocycles. The number of nitriles is 1. The Hall–Kier alpha value is -2.65. The lowest BCUT2D eigenvalue weighted by Gasteiger charge is -2.19. The van der Waals surface area contributed by atoms with E-state index in [4.69, 9.17) is 21.4 Å². The number of carbonyl (C=O) groups is 1. The summed E-state index contributed by atoms with van der Waals surface area (Å²) >= 11 is 5.67. The highest BCUT2D eigenvalue weighted by molar-refractivity contribution is 7.67. The van der Waals surface area contributed by atoms with Crippen LogP contribution in [0.5, 0.6) is 0 Å². The zero-order chi connectivity index (χ0) is 21.3. The molecule has 1 unspecified atom stereocenters. The Balaban J connectivity index is 2.07. The molecule has 0 saturated carbocycles. The molecule has 0 saturated heterocycles. The lowest BCUT2D eigenvalue weighted by molar-refractivity contribution is -0.118. The predicted octanol–water partition coefficient (Wildman–Crippen LogP) is 2.93. The fourth-order valence-electron chi connectivity index (χ4n) is 2.42. The Morgan fingerprint density at radius 2 is 1.90 bits per heavy atom. The van der Waals surface area contributed by atoms with Crippen LogP contribution in [-0.2, 0) is 13.9 Å². The third-order valence-electron chi connectivity index (χ3n) is 3.93. The molecule has 0 aromatic heterocycles. The van der Waals surface area contributed by atoms with E-state index in [1.165, 1.54) is 6.21 Å². The maximum Gasteiger partial charge on any atom is 0.250 e. The van der Waals surface area contributed by atoms with Crippen molar-refractivity contribution in [2.24, 2.45) is 5.10 Å². The molecule has 0 radical (unpaired) electrons. The van der Waals surface area contributed by atoms with Crippen molar-refractivity contribution in [2.45, 2.75) is 0 Å². The molecule has 0 bridgehead atoms. The van der Waals surface area contributed by atoms with Crippen molar-refractivity contribution < 1.29 is 13.9 Å². The summed E-state index contributed by atoms with van der Waals surface area (Å²) in [4.78, 5) is 14.2. The van der Waals surface area contributed by atoms with Gasteiger partial charge in [-0.1, -0.05) is 12.1 Å². The molecule has 0 heterocycles. The number of hydrogen-bond donors (Lipinski definition) is 1. The summed E-state index contributed by atoms with van der Waals surface area (Å²) in [5, 5.41) is 13.1. The standard InChI is InChI=1S/C20H22ClN4O3P/c1-25(2)18-7-9-19(10-8-18)29(27,28-12-11-21)15-20(26)24-23-14-17-5-3-16(13-22)4-6-17/h3-10,14H,11-12,15H2,1-2H3,(H,24,26). The molecule has 2 aromatic carbocycles. The number of anilines is 1. The maximum absolute atomic E-state index is 13.3. The number of halogens is 1. The van der Waals surface area contributed by atoms with Gasteiger partial charge in [-0.15, -0.1) is 11.6 Å². The Labute approximate surface area is 175 Å². The molecule has 0 aliphatic carbocycles. The largest absolute Gasteiger partial charge is 0.378 e. The van der Waals surface area contributed by atoms with Gasteiger partial charge in [0.15, 0.2) is 0 Å². The van der Waals surface area contributed by atoms with Gasteiger partial charge in [-0.2, -0.15) is 10.4 Å². The van der Waals surface area contributed by atoms with Crippen LogP contribution in [0.25, 0.3) is 0 Å². The van der Waals surface area contributed by atoms with E-state index in [2.05, 4.69) is 10.5 Å². The first-order valence-corrected chi connectivity index (χ1v) is 11.1. The molecular formula is C20H22ClN4O3P. The number of rotatable bonds is 9. The van der Waals surface area contributed by atoms with Crippen LogP contribution in [-0.4, -0.2) is 44.9 Å². The van der Waals surface area contributed by atoms with Gasteiger partial charge in [-0.05, 0) is 42.0 Å². The van der Waals surface area contributed by atoms with Crippen molar-refractivity contribution in [3.8, 4) is 6.07 Å². The second-order valence-electron chi connectivity index (χ2n) is 6.29. The van der Waals surface area contributed by atoms with Crippen molar-refractivity contribution >= 4 is 42.1 Å². The molecule has 0 spiro atoms. The van der Waals surface area contributed by atoms with Crippen molar-refractivity contribution in [3.63, 3.8) is 0 Å². The Morgan fingerprint density at radius 1 is 1.24 bits per heavy atom. The number of hydrogen-bond acceptors (Lipinski definition) is 6. The van der Waals surface area contributed by atoms with Crippen LogP contribution in [0, 0.1) is 11.3 Å². The van der Waals surface area contributed by atoms with Crippen LogP contribution in [0.1, 0.15) is 11.1 Å². The van der Waals surface area contributed by atoms with Crippen LogP contribution in [0.4, 0.5) is 5.69 Å². The highest BCUT2D eigenvalue weighted by Crippen LogP contribution is 2.45. The van der Waals surface area contributed by atoms with Gasteiger partial charge in [-0.25, -0.2) is 5.43 Å². The smallest absolute Gasteiger partial charge is 0.250 e. The van der Waals surface area contributed by atoms with Gasteiger partial charge in [0.2, 0.25) is 13.3 Å². The first-order chi connectivity index (χ1) is 13.9. The molecule has 29 heavy (non-hydrogen) atoms. The number of hydrazone groups is 1. The van der Waals surface area contributed by atoms with E-state index in [0.717, 1.165) is 5.69 Å². The van der Waals surface area contributed by atoms with Crippen LogP contribution in [0.2, 0.25) is 0 Å². The Bertz CT molecular complexity index is 938. The molecule has 9 heteroatoms. The average Bonchev–Trinajstić information content (AvgIpc) is 2.73. The Morgan fingerprint density at radius 3 is 2.45 bits per heavy atom. The molecule has 0 aliphatic rings. The zero-order valence-electron chi connectivity index (χ0n) is 16.2. The first kappa shape index (κ1) is 22.6. The molecule has 7 nitrogen and oxygen atoms in total. The number of alkyl halides is 1. The van der Waals surface area contributed by atoms with Gasteiger partial charge < -0.3 is 9.42 Å². The molecule has 1 amide bonds. The fraction of sp³-hybridized carbons (Fsp3) is 0.250. The number of amides is 1. The van der Waals surface area contributed by atoms with Gasteiger partial charge >= 0.3 is 0 Å². The SMILES string of the molecule is CN(C)c1ccc(P(=O)(CC(=O)NN=Cc2ccc(C#N)cc2)OCCCl)cc1. The van der Waals surface area contributed by atoms with E-state index in [1.54, 1.807) is 36.4 Å². The number of nitrogens with one attached hydrogen (secondary N) is 1. The Kier molecular flexibility index (Phi) is 8.41. The molecule has 1 atom stereocenters.